The highest BCUT2D eigenvalue weighted by atomic mass is 35.5. The lowest BCUT2D eigenvalue weighted by Crippen LogP contribution is -2.27. The molecule has 2 rings (SSSR count). The first-order chi connectivity index (χ1) is 9.90. The molecule has 1 aromatic carbocycles. The summed E-state index contributed by atoms with van der Waals surface area (Å²) in [5.41, 5.74) is 0.0731. The maximum atomic E-state index is 12.2. The number of benzene rings is 1. The van der Waals surface area contributed by atoms with Crippen LogP contribution in [0.5, 0.6) is 0 Å². The molecule has 1 fully saturated rings. The average molecular weight is 330 g/mol. The van der Waals surface area contributed by atoms with Crippen LogP contribution in [0.4, 0.5) is 5.69 Å². The number of hydrogen-bond donors (Lipinski definition) is 2. The second kappa shape index (κ2) is 6.67. The first kappa shape index (κ1) is 16.1. The van der Waals surface area contributed by atoms with Crippen molar-refractivity contribution >= 4 is 40.8 Å². The Bertz CT molecular complexity index is 554. The topological polar surface area (TPSA) is 66.4 Å². The third-order valence-electron chi connectivity index (χ3n) is 3.93. The van der Waals surface area contributed by atoms with Crippen LogP contribution >= 0.6 is 23.2 Å². The van der Waals surface area contributed by atoms with Gasteiger partial charge in [0.25, 0.3) is 0 Å². The van der Waals surface area contributed by atoms with Crippen molar-refractivity contribution in [1.82, 2.24) is 0 Å². The van der Waals surface area contributed by atoms with Gasteiger partial charge in [0.1, 0.15) is 0 Å². The summed E-state index contributed by atoms with van der Waals surface area (Å²) in [4.78, 5) is 23.2. The fraction of sp³-hybridized carbons (Fsp3) is 0.467. The van der Waals surface area contributed by atoms with Crippen molar-refractivity contribution in [3.05, 3.63) is 28.2 Å². The van der Waals surface area contributed by atoms with Gasteiger partial charge in [0.05, 0.1) is 17.1 Å². The number of carbonyl (C=O) groups is 2. The predicted octanol–water partition coefficient (Wildman–Crippen LogP) is 4.36. The largest absolute Gasteiger partial charge is 0.481 e. The number of anilines is 1. The van der Waals surface area contributed by atoms with E-state index in [4.69, 9.17) is 28.3 Å². The minimum atomic E-state index is -0.853. The van der Waals surface area contributed by atoms with Crippen LogP contribution in [0.15, 0.2) is 18.2 Å². The molecule has 1 amide bonds. The molecule has 0 spiro atoms. The van der Waals surface area contributed by atoms with E-state index >= 15 is 0 Å². The lowest BCUT2D eigenvalue weighted by Gasteiger charge is -2.26. The van der Waals surface area contributed by atoms with Crippen molar-refractivity contribution in [2.75, 3.05) is 5.32 Å². The van der Waals surface area contributed by atoms with Gasteiger partial charge in [0.15, 0.2) is 0 Å². The van der Waals surface area contributed by atoms with E-state index in [2.05, 4.69) is 5.32 Å². The van der Waals surface area contributed by atoms with Gasteiger partial charge >= 0.3 is 5.97 Å². The van der Waals surface area contributed by atoms with Crippen molar-refractivity contribution in [1.29, 1.82) is 0 Å². The number of hydrogen-bond acceptors (Lipinski definition) is 2. The van der Waals surface area contributed by atoms with E-state index in [9.17, 15) is 9.59 Å². The predicted molar refractivity (Wildman–Crippen MR) is 82.9 cm³/mol. The van der Waals surface area contributed by atoms with Crippen LogP contribution < -0.4 is 5.32 Å². The molecule has 0 heterocycles. The van der Waals surface area contributed by atoms with E-state index in [0.717, 1.165) is 25.7 Å². The van der Waals surface area contributed by atoms with Gasteiger partial charge < -0.3 is 10.4 Å². The summed E-state index contributed by atoms with van der Waals surface area (Å²) in [7, 11) is 0. The van der Waals surface area contributed by atoms with Crippen molar-refractivity contribution < 1.29 is 14.7 Å². The monoisotopic (exact) mass is 329 g/mol. The van der Waals surface area contributed by atoms with Crippen molar-refractivity contribution in [2.45, 2.75) is 38.5 Å². The van der Waals surface area contributed by atoms with Gasteiger partial charge in [0, 0.05) is 11.4 Å². The Kier molecular flexibility index (Phi) is 5.12. The zero-order valence-corrected chi connectivity index (χ0v) is 13.0. The molecule has 0 aromatic heterocycles. The first-order valence-electron chi connectivity index (χ1n) is 6.87. The van der Waals surface area contributed by atoms with E-state index in [1.54, 1.807) is 18.2 Å². The van der Waals surface area contributed by atoms with Gasteiger partial charge in [-0.2, -0.15) is 0 Å². The third kappa shape index (κ3) is 4.35. The maximum Gasteiger partial charge on any atom is 0.303 e. The van der Waals surface area contributed by atoms with Gasteiger partial charge in [-0.15, -0.1) is 0 Å². The molecule has 0 radical (unpaired) electrons. The molecule has 114 valence electrons. The van der Waals surface area contributed by atoms with Crippen LogP contribution in [-0.4, -0.2) is 17.0 Å². The van der Waals surface area contributed by atoms with Crippen LogP contribution in [-0.2, 0) is 9.59 Å². The average Bonchev–Trinajstić information content (AvgIpc) is 2.80. The van der Waals surface area contributed by atoms with E-state index in [0.29, 0.717) is 15.7 Å². The molecule has 0 unspecified atom stereocenters. The summed E-state index contributed by atoms with van der Waals surface area (Å²) >= 11 is 11.8. The van der Waals surface area contributed by atoms with Crippen LogP contribution in [0.25, 0.3) is 0 Å². The molecule has 0 aliphatic heterocycles. The van der Waals surface area contributed by atoms with E-state index in [-0.39, 0.29) is 18.7 Å². The molecule has 1 aliphatic rings. The first-order valence-corrected chi connectivity index (χ1v) is 7.63. The molecule has 0 atom stereocenters. The molecule has 0 saturated heterocycles. The Hall–Kier alpha value is -1.26. The Morgan fingerprint density at radius 2 is 1.86 bits per heavy atom. The molecule has 1 aromatic rings. The molecule has 2 N–H and O–H groups in total. The summed E-state index contributed by atoms with van der Waals surface area (Å²) in [5.74, 6) is -1.06. The van der Waals surface area contributed by atoms with Gasteiger partial charge in [-0.3, -0.25) is 9.59 Å². The molecule has 1 saturated carbocycles. The normalized spacial score (nSPS) is 16.7. The Balaban J connectivity index is 2.04. The molecule has 0 bridgehead atoms. The number of carbonyl (C=O) groups excluding carboxylic acids is 1. The summed E-state index contributed by atoms with van der Waals surface area (Å²) < 4.78 is 0. The highest BCUT2D eigenvalue weighted by Crippen LogP contribution is 2.44. The molecule has 4 nitrogen and oxygen atoms in total. The highest BCUT2D eigenvalue weighted by Gasteiger charge is 2.38. The van der Waals surface area contributed by atoms with Crippen LogP contribution in [0, 0.1) is 5.41 Å². The lowest BCUT2D eigenvalue weighted by molar-refractivity contribution is -0.140. The molecular formula is C15H17Cl2NO3. The lowest BCUT2D eigenvalue weighted by atomic mass is 9.79. The Morgan fingerprint density at radius 1 is 1.19 bits per heavy atom. The minimum absolute atomic E-state index is 0.0365. The highest BCUT2D eigenvalue weighted by molar-refractivity contribution is 6.36. The maximum absolute atomic E-state index is 12.2. The van der Waals surface area contributed by atoms with E-state index in [1.165, 1.54) is 0 Å². The minimum Gasteiger partial charge on any atom is -0.481 e. The summed E-state index contributed by atoms with van der Waals surface area (Å²) in [6.07, 6.45) is 3.75. The number of amides is 1. The second-order valence-corrected chi connectivity index (χ2v) is 6.47. The fourth-order valence-electron chi connectivity index (χ4n) is 2.99. The zero-order chi connectivity index (χ0) is 15.5. The van der Waals surface area contributed by atoms with Crippen molar-refractivity contribution in [3.63, 3.8) is 0 Å². The number of halogens is 2. The van der Waals surface area contributed by atoms with Gasteiger partial charge in [-0.05, 0) is 36.5 Å². The number of aliphatic carboxylic acids is 1. The Labute approximate surface area is 133 Å². The van der Waals surface area contributed by atoms with Gasteiger partial charge in [-0.1, -0.05) is 36.0 Å². The Morgan fingerprint density at radius 3 is 2.43 bits per heavy atom. The molecule has 6 heteroatoms. The fourth-order valence-corrected chi connectivity index (χ4v) is 3.44. The van der Waals surface area contributed by atoms with Crippen LogP contribution in [0.3, 0.4) is 0 Å². The van der Waals surface area contributed by atoms with Crippen molar-refractivity contribution in [2.24, 2.45) is 5.41 Å². The number of nitrogens with one attached hydrogen (secondary N) is 1. The third-order valence-corrected chi connectivity index (χ3v) is 4.48. The van der Waals surface area contributed by atoms with Gasteiger partial charge in [-0.25, -0.2) is 0 Å². The quantitative estimate of drug-likeness (QED) is 0.843. The summed E-state index contributed by atoms with van der Waals surface area (Å²) in [5, 5.41) is 12.7. The summed E-state index contributed by atoms with van der Waals surface area (Å²) in [6, 6.07) is 4.84. The second-order valence-electron chi connectivity index (χ2n) is 5.63. The molecular weight excluding hydrogens is 313 g/mol. The standard InChI is InChI=1S/C15H17Cl2NO3/c16-10-3-4-12(11(17)7-10)18-13(19)8-15(9-14(20)21)5-1-2-6-15/h3-4,7H,1-2,5-6,8-9H2,(H,18,19)(H,20,21). The van der Waals surface area contributed by atoms with Crippen LogP contribution in [0.1, 0.15) is 38.5 Å². The van der Waals surface area contributed by atoms with E-state index < -0.39 is 11.4 Å². The van der Waals surface area contributed by atoms with Crippen molar-refractivity contribution in [3.8, 4) is 0 Å². The summed E-state index contributed by atoms with van der Waals surface area (Å²) in [6.45, 7) is 0. The SMILES string of the molecule is O=C(O)CC1(CC(=O)Nc2ccc(Cl)cc2Cl)CCCC1. The smallest absolute Gasteiger partial charge is 0.303 e. The van der Waals surface area contributed by atoms with E-state index in [1.807, 2.05) is 0 Å². The molecule has 21 heavy (non-hydrogen) atoms. The molecule has 1 aliphatic carbocycles. The number of rotatable bonds is 5. The number of carboxylic acids is 1. The number of carboxylic acid groups (broad SMARTS) is 1. The van der Waals surface area contributed by atoms with Crippen LogP contribution in [0.2, 0.25) is 10.0 Å². The zero-order valence-electron chi connectivity index (χ0n) is 11.5. The van der Waals surface area contributed by atoms with Gasteiger partial charge in [0.2, 0.25) is 5.91 Å².